The Hall–Kier alpha value is -3.66. The van der Waals surface area contributed by atoms with Gasteiger partial charge in [0.15, 0.2) is 6.10 Å². The van der Waals surface area contributed by atoms with Crippen molar-refractivity contribution in [2.75, 3.05) is 11.9 Å². The highest BCUT2D eigenvalue weighted by Gasteiger charge is 2.37. The zero-order valence-corrected chi connectivity index (χ0v) is 20.0. The van der Waals surface area contributed by atoms with E-state index in [1.54, 1.807) is 48.3 Å². The molecule has 1 fully saturated rings. The highest BCUT2D eigenvalue weighted by molar-refractivity contribution is 7.12. The van der Waals surface area contributed by atoms with E-state index in [0.717, 1.165) is 0 Å². The van der Waals surface area contributed by atoms with Crippen LogP contribution in [0.25, 0.3) is 5.69 Å². The van der Waals surface area contributed by atoms with Crippen LogP contribution in [0.5, 0.6) is 0 Å². The number of amides is 2. The lowest BCUT2D eigenvalue weighted by Gasteiger charge is -2.24. The van der Waals surface area contributed by atoms with Gasteiger partial charge in [-0.3, -0.25) is 19.1 Å². The number of thiophene rings is 1. The van der Waals surface area contributed by atoms with Crippen molar-refractivity contribution < 1.29 is 19.1 Å². The third-order valence-corrected chi connectivity index (χ3v) is 6.84. The fourth-order valence-corrected chi connectivity index (χ4v) is 4.72. The summed E-state index contributed by atoms with van der Waals surface area (Å²) in [6, 6.07) is 11.8. The number of rotatable bonds is 6. The largest absolute Gasteiger partial charge is 0.451 e. The van der Waals surface area contributed by atoms with Crippen LogP contribution >= 0.6 is 11.3 Å². The second kappa shape index (κ2) is 9.68. The van der Waals surface area contributed by atoms with E-state index in [1.165, 1.54) is 27.8 Å². The standard InChI is InChI=1S/C24H26N4O5S/c1-15-20(23(31)28(26(15)3)17-9-5-4-6-10-17)25-21(29)16(2)33-24(32)18-11-7-13-27(18)22(30)19-12-8-14-34-19/h4-6,8-10,12,14,16,18H,7,11,13H2,1-3H3,(H,25,29). The predicted octanol–water partition coefficient (Wildman–Crippen LogP) is 2.72. The molecule has 0 radical (unpaired) electrons. The van der Waals surface area contributed by atoms with E-state index in [9.17, 15) is 19.2 Å². The molecule has 1 aromatic carbocycles. The number of esters is 1. The van der Waals surface area contributed by atoms with E-state index < -0.39 is 24.0 Å². The van der Waals surface area contributed by atoms with Gasteiger partial charge in [0.1, 0.15) is 11.7 Å². The van der Waals surface area contributed by atoms with Crippen LogP contribution in [0.2, 0.25) is 0 Å². The molecule has 2 unspecified atom stereocenters. The Kier molecular flexibility index (Phi) is 6.69. The molecular weight excluding hydrogens is 456 g/mol. The van der Waals surface area contributed by atoms with Crippen molar-refractivity contribution in [2.45, 2.75) is 38.8 Å². The van der Waals surface area contributed by atoms with Gasteiger partial charge in [0, 0.05) is 13.6 Å². The molecule has 1 aliphatic rings. The van der Waals surface area contributed by atoms with Crippen LogP contribution in [0.4, 0.5) is 5.69 Å². The summed E-state index contributed by atoms with van der Waals surface area (Å²) >= 11 is 1.31. The first kappa shape index (κ1) is 23.5. The van der Waals surface area contributed by atoms with Crippen molar-refractivity contribution in [1.82, 2.24) is 14.3 Å². The SMILES string of the molecule is Cc1c(NC(=O)C(C)OC(=O)C2CCCN2C(=O)c2cccs2)c(=O)n(-c2ccccc2)n1C. The van der Waals surface area contributed by atoms with Crippen LogP contribution < -0.4 is 10.9 Å². The third-order valence-electron chi connectivity index (χ3n) is 5.98. The van der Waals surface area contributed by atoms with Crippen molar-refractivity contribution in [3.8, 4) is 5.69 Å². The minimum Gasteiger partial charge on any atom is -0.451 e. The molecule has 1 N–H and O–H groups in total. The fraction of sp³-hybridized carbons (Fsp3) is 0.333. The average molecular weight is 483 g/mol. The lowest BCUT2D eigenvalue weighted by Crippen LogP contribution is -2.43. The average Bonchev–Trinajstić information content (AvgIpc) is 3.57. The number of para-hydroxylation sites is 1. The first-order chi connectivity index (χ1) is 16.3. The number of benzene rings is 1. The van der Waals surface area contributed by atoms with Crippen LogP contribution in [0, 0.1) is 6.92 Å². The van der Waals surface area contributed by atoms with Crippen LogP contribution in [0.15, 0.2) is 52.6 Å². The van der Waals surface area contributed by atoms with Gasteiger partial charge in [-0.25, -0.2) is 9.48 Å². The van der Waals surface area contributed by atoms with Crippen molar-refractivity contribution in [1.29, 1.82) is 0 Å². The molecule has 3 aromatic rings. The summed E-state index contributed by atoms with van der Waals surface area (Å²) in [5.41, 5.74) is 0.954. The van der Waals surface area contributed by atoms with E-state index in [0.29, 0.717) is 35.6 Å². The maximum atomic E-state index is 13.0. The number of nitrogens with zero attached hydrogens (tertiary/aromatic N) is 3. The Bertz CT molecular complexity index is 1260. The van der Waals surface area contributed by atoms with Gasteiger partial charge in [-0.15, -0.1) is 11.3 Å². The number of likely N-dealkylation sites (tertiary alicyclic amines) is 1. The summed E-state index contributed by atoms with van der Waals surface area (Å²) in [5, 5.41) is 4.42. The number of carbonyl (C=O) groups is 3. The maximum absolute atomic E-state index is 13.0. The fourth-order valence-electron chi connectivity index (χ4n) is 4.04. The van der Waals surface area contributed by atoms with Gasteiger partial charge >= 0.3 is 5.97 Å². The zero-order chi connectivity index (χ0) is 24.4. The van der Waals surface area contributed by atoms with Crippen molar-refractivity contribution in [3.05, 3.63) is 68.8 Å². The second-order valence-electron chi connectivity index (χ2n) is 8.14. The minimum atomic E-state index is -1.14. The lowest BCUT2D eigenvalue weighted by atomic mass is 10.2. The van der Waals surface area contributed by atoms with Gasteiger partial charge in [0.05, 0.1) is 16.3 Å². The van der Waals surface area contributed by atoms with Gasteiger partial charge in [0.25, 0.3) is 17.4 Å². The molecule has 10 heteroatoms. The Morgan fingerprint density at radius 3 is 2.56 bits per heavy atom. The summed E-state index contributed by atoms with van der Waals surface area (Å²) in [7, 11) is 1.72. The van der Waals surface area contributed by atoms with Gasteiger partial charge in [0.2, 0.25) is 0 Å². The van der Waals surface area contributed by atoms with Crippen LogP contribution in [0.1, 0.15) is 35.1 Å². The third kappa shape index (κ3) is 4.41. The highest BCUT2D eigenvalue weighted by atomic mass is 32.1. The Morgan fingerprint density at radius 2 is 1.88 bits per heavy atom. The van der Waals surface area contributed by atoms with Gasteiger partial charge < -0.3 is 15.0 Å². The molecule has 0 saturated carbocycles. The van der Waals surface area contributed by atoms with Crippen molar-refractivity contribution in [2.24, 2.45) is 7.05 Å². The number of aromatic nitrogens is 2. The summed E-state index contributed by atoms with van der Waals surface area (Å²) in [5.74, 6) is -1.46. The van der Waals surface area contributed by atoms with E-state index >= 15 is 0 Å². The van der Waals surface area contributed by atoms with Gasteiger partial charge in [-0.05, 0) is 50.3 Å². The lowest BCUT2D eigenvalue weighted by molar-refractivity contribution is -0.156. The summed E-state index contributed by atoms with van der Waals surface area (Å²) in [6.45, 7) is 3.63. The summed E-state index contributed by atoms with van der Waals surface area (Å²) in [4.78, 5) is 53.4. The second-order valence-corrected chi connectivity index (χ2v) is 9.09. The molecule has 3 heterocycles. The smallest absolute Gasteiger partial charge is 0.329 e. The quantitative estimate of drug-likeness (QED) is 0.545. The molecule has 2 aromatic heterocycles. The molecule has 1 saturated heterocycles. The molecule has 1 aliphatic heterocycles. The minimum absolute atomic E-state index is 0.120. The zero-order valence-electron chi connectivity index (χ0n) is 19.2. The maximum Gasteiger partial charge on any atom is 0.329 e. The first-order valence-electron chi connectivity index (χ1n) is 11.0. The Morgan fingerprint density at radius 1 is 1.15 bits per heavy atom. The topological polar surface area (TPSA) is 103 Å². The van der Waals surface area contributed by atoms with Crippen LogP contribution in [-0.2, 0) is 21.4 Å². The van der Waals surface area contributed by atoms with E-state index in [-0.39, 0.29) is 17.2 Å². The first-order valence-corrected chi connectivity index (χ1v) is 11.9. The molecule has 0 bridgehead atoms. The molecule has 9 nitrogen and oxygen atoms in total. The molecule has 2 atom stereocenters. The van der Waals surface area contributed by atoms with Crippen LogP contribution in [0.3, 0.4) is 0 Å². The molecule has 34 heavy (non-hydrogen) atoms. The number of nitrogens with one attached hydrogen (secondary N) is 1. The number of hydrogen-bond acceptors (Lipinski definition) is 6. The van der Waals surface area contributed by atoms with E-state index in [4.69, 9.17) is 4.74 Å². The van der Waals surface area contributed by atoms with Crippen molar-refractivity contribution in [3.63, 3.8) is 0 Å². The normalized spacial score (nSPS) is 16.3. The van der Waals surface area contributed by atoms with Gasteiger partial charge in [-0.1, -0.05) is 24.3 Å². The molecular formula is C24H26N4O5S. The monoisotopic (exact) mass is 482 g/mol. The molecule has 0 spiro atoms. The van der Waals surface area contributed by atoms with Gasteiger partial charge in [-0.2, -0.15) is 0 Å². The number of anilines is 1. The summed E-state index contributed by atoms with van der Waals surface area (Å²) in [6.07, 6.45) is 0.0137. The van der Waals surface area contributed by atoms with Crippen molar-refractivity contribution >= 4 is 34.8 Å². The molecule has 0 aliphatic carbocycles. The van der Waals surface area contributed by atoms with E-state index in [2.05, 4.69) is 5.32 Å². The molecule has 2 amide bonds. The highest BCUT2D eigenvalue weighted by Crippen LogP contribution is 2.23. The van der Waals surface area contributed by atoms with E-state index in [1.807, 2.05) is 18.2 Å². The number of hydrogen-bond donors (Lipinski definition) is 1. The molecule has 178 valence electrons. The Labute approximate surface area is 200 Å². The number of carbonyl (C=O) groups excluding carboxylic acids is 3. The summed E-state index contributed by atoms with van der Waals surface area (Å²) < 4.78 is 8.51. The Balaban J connectivity index is 1.45. The molecule has 4 rings (SSSR count). The van der Waals surface area contributed by atoms with Crippen LogP contribution in [-0.4, -0.2) is 50.7 Å². The number of ether oxygens (including phenoxy) is 1. The predicted molar refractivity (Wildman–Crippen MR) is 128 cm³/mol.